The molecule has 4 aliphatic carbocycles. The summed E-state index contributed by atoms with van der Waals surface area (Å²) < 4.78 is 0. The molecular formula is C25H31NO2S. The van der Waals surface area contributed by atoms with Crippen LogP contribution in [0, 0.1) is 28.6 Å². The van der Waals surface area contributed by atoms with E-state index in [-0.39, 0.29) is 10.8 Å². The molecule has 0 aromatic heterocycles. The fourth-order valence-electron chi connectivity index (χ4n) is 7.11. The number of nitrogens with two attached hydrogens (primary N) is 1. The van der Waals surface area contributed by atoms with E-state index < -0.39 is 0 Å². The van der Waals surface area contributed by atoms with E-state index in [0.29, 0.717) is 41.0 Å². The first-order valence-electron chi connectivity index (χ1n) is 11.1. The molecule has 29 heavy (non-hydrogen) atoms. The number of hydrogen-bond acceptors (Lipinski definition) is 4. The quantitative estimate of drug-likeness (QED) is 0.661. The third-order valence-electron chi connectivity index (χ3n) is 8.84. The van der Waals surface area contributed by atoms with Crippen LogP contribution in [0.3, 0.4) is 0 Å². The predicted octanol–water partition coefficient (Wildman–Crippen LogP) is 5.44. The minimum Gasteiger partial charge on any atom is -0.399 e. The van der Waals surface area contributed by atoms with E-state index in [1.165, 1.54) is 10.5 Å². The van der Waals surface area contributed by atoms with Gasteiger partial charge in [-0.25, -0.2) is 0 Å². The highest BCUT2D eigenvalue weighted by molar-refractivity contribution is 8.00. The highest BCUT2D eigenvalue weighted by Gasteiger charge is 2.61. The average molecular weight is 410 g/mol. The lowest BCUT2D eigenvalue weighted by molar-refractivity contribution is -0.132. The van der Waals surface area contributed by atoms with Crippen molar-refractivity contribution >= 4 is 29.0 Å². The fraction of sp³-hybridized carbons (Fsp3) is 0.600. The van der Waals surface area contributed by atoms with E-state index in [1.54, 1.807) is 0 Å². The fourth-order valence-corrected chi connectivity index (χ4v) is 8.56. The van der Waals surface area contributed by atoms with Gasteiger partial charge in [-0.3, -0.25) is 9.59 Å². The van der Waals surface area contributed by atoms with Gasteiger partial charge in [0.25, 0.3) is 0 Å². The Balaban J connectivity index is 1.56. The molecule has 3 nitrogen and oxygen atoms in total. The largest absolute Gasteiger partial charge is 0.399 e. The van der Waals surface area contributed by atoms with E-state index in [2.05, 4.69) is 26.0 Å². The Morgan fingerprint density at radius 1 is 0.966 bits per heavy atom. The topological polar surface area (TPSA) is 60.2 Å². The highest BCUT2D eigenvalue weighted by Crippen LogP contribution is 2.66. The third-order valence-corrected chi connectivity index (χ3v) is 10.2. The maximum atomic E-state index is 12.8. The van der Waals surface area contributed by atoms with Crippen molar-refractivity contribution in [2.75, 3.05) is 5.73 Å². The molecule has 0 bridgehead atoms. The number of carbonyl (C=O) groups is 2. The monoisotopic (exact) mass is 409 g/mol. The maximum absolute atomic E-state index is 12.8. The van der Waals surface area contributed by atoms with Gasteiger partial charge in [0.15, 0.2) is 5.78 Å². The molecular weight excluding hydrogens is 378 g/mol. The van der Waals surface area contributed by atoms with Crippen LogP contribution in [0.15, 0.2) is 40.8 Å². The van der Waals surface area contributed by atoms with Gasteiger partial charge in [0.1, 0.15) is 5.78 Å². The van der Waals surface area contributed by atoms with Crippen molar-refractivity contribution in [2.45, 2.75) is 68.9 Å². The van der Waals surface area contributed by atoms with Crippen molar-refractivity contribution in [1.82, 2.24) is 0 Å². The van der Waals surface area contributed by atoms with Gasteiger partial charge in [-0.1, -0.05) is 19.4 Å². The number of fused-ring (bicyclic) bond motifs is 5. The Hall–Kier alpha value is -1.55. The Bertz CT molecular complexity index is 891. The maximum Gasteiger partial charge on any atom is 0.155 e. The van der Waals surface area contributed by atoms with Crippen molar-refractivity contribution in [1.29, 1.82) is 0 Å². The van der Waals surface area contributed by atoms with Gasteiger partial charge in [0, 0.05) is 34.1 Å². The summed E-state index contributed by atoms with van der Waals surface area (Å²) in [6.07, 6.45) is 8.54. The van der Waals surface area contributed by atoms with Gasteiger partial charge < -0.3 is 5.73 Å². The van der Waals surface area contributed by atoms with Gasteiger partial charge in [-0.05, 0) is 85.6 Å². The second-order valence-corrected chi connectivity index (χ2v) is 11.5. The average Bonchev–Trinajstić information content (AvgIpc) is 3.00. The summed E-state index contributed by atoms with van der Waals surface area (Å²) in [5.74, 6) is 2.38. The number of thioether (sulfide) groups is 1. The molecule has 0 unspecified atom stereocenters. The van der Waals surface area contributed by atoms with Crippen LogP contribution in [0.5, 0.6) is 0 Å². The van der Waals surface area contributed by atoms with Crippen LogP contribution in [0.25, 0.3) is 0 Å². The number of benzene rings is 1. The lowest BCUT2D eigenvalue weighted by Gasteiger charge is -2.59. The molecule has 0 heterocycles. The number of ketones is 2. The molecule has 154 valence electrons. The Morgan fingerprint density at radius 3 is 2.45 bits per heavy atom. The SMILES string of the molecule is C[C@]12CCC(=O)C=C1C[C@@H](Sc1ccc(N)cc1)[C@@H]1[C@@H]2CC[C@]2(C)C(=O)CC[C@@H]12. The van der Waals surface area contributed by atoms with Gasteiger partial charge in [-0.2, -0.15) is 0 Å². The zero-order chi connectivity index (χ0) is 20.4. The first kappa shape index (κ1) is 19.4. The Kier molecular flexibility index (Phi) is 4.51. The van der Waals surface area contributed by atoms with Crippen LogP contribution in [-0.2, 0) is 9.59 Å². The van der Waals surface area contributed by atoms with E-state index >= 15 is 0 Å². The smallest absolute Gasteiger partial charge is 0.155 e. The van der Waals surface area contributed by atoms with Crippen molar-refractivity contribution in [3.63, 3.8) is 0 Å². The molecule has 3 fully saturated rings. The molecule has 0 amide bonds. The third kappa shape index (κ3) is 2.93. The molecule has 2 N–H and O–H groups in total. The van der Waals surface area contributed by atoms with Crippen molar-refractivity contribution < 1.29 is 9.59 Å². The number of carbonyl (C=O) groups excluding carboxylic acids is 2. The first-order valence-corrected chi connectivity index (χ1v) is 12.0. The first-order chi connectivity index (χ1) is 13.8. The summed E-state index contributed by atoms with van der Waals surface area (Å²) in [4.78, 5) is 26.3. The highest BCUT2D eigenvalue weighted by atomic mass is 32.2. The molecule has 5 rings (SSSR count). The normalized spacial score (nSPS) is 41.4. The lowest BCUT2D eigenvalue weighted by atomic mass is 9.47. The van der Waals surface area contributed by atoms with Crippen molar-refractivity contribution in [3.8, 4) is 0 Å². The zero-order valence-electron chi connectivity index (χ0n) is 17.4. The summed E-state index contributed by atoms with van der Waals surface area (Å²) in [5, 5.41) is 0.421. The molecule has 1 aromatic carbocycles. The summed E-state index contributed by atoms with van der Waals surface area (Å²) in [5.41, 5.74) is 8.05. The molecule has 4 aliphatic rings. The van der Waals surface area contributed by atoms with Gasteiger partial charge in [0.05, 0.1) is 0 Å². The molecule has 0 saturated heterocycles. The Labute approximate surface area is 177 Å². The van der Waals surface area contributed by atoms with E-state index in [0.717, 1.165) is 44.2 Å². The van der Waals surface area contributed by atoms with E-state index in [9.17, 15) is 9.59 Å². The number of allylic oxidation sites excluding steroid dienone is 1. The minimum atomic E-state index is -0.136. The van der Waals surface area contributed by atoms with Crippen LogP contribution in [0.4, 0.5) is 5.69 Å². The van der Waals surface area contributed by atoms with Crippen LogP contribution in [0.2, 0.25) is 0 Å². The molecule has 0 radical (unpaired) electrons. The van der Waals surface area contributed by atoms with E-state index in [4.69, 9.17) is 5.73 Å². The molecule has 0 spiro atoms. The standard InChI is InChI=1S/C25H31NO2S/c1-24-11-9-17(27)13-15(24)14-21(29-18-5-3-16(26)4-6-18)23-19-7-8-22(28)25(19,2)12-10-20(23)24/h3-6,13,19-21,23H,7-12,14,26H2,1-2H3/t19-,20-,21+,23-,24-,25-/m0/s1. The summed E-state index contributed by atoms with van der Waals surface area (Å²) in [6.45, 7) is 4.65. The molecule has 0 aliphatic heterocycles. The number of nitrogen functional groups attached to an aromatic ring is 1. The predicted molar refractivity (Wildman–Crippen MR) is 118 cm³/mol. The summed E-state index contributed by atoms with van der Waals surface area (Å²) in [7, 11) is 0. The van der Waals surface area contributed by atoms with Crippen LogP contribution in [0.1, 0.15) is 58.8 Å². The van der Waals surface area contributed by atoms with Crippen LogP contribution >= 0.6 is 11.8 Å². The summed E-state index contributed by atoms with van der Waals surface area (Å²) in [6, 6.07) is 8.18. The second kappa shape index (κ2) is 6.73. The van der Waals surface area contributed by atoms with Gasteiger partial charge in [-0.15, -0.1) is 11.8 Å². The van der Waals surface area contributed by atoms with Crippen molar-refractivity contribution in [2.24, 2.45) is 28.6 Å². The molecule has 6 atom stereocenters. The summed E-state index contributed by atoms with van der Waals surface area (Å²) >= 11 is 1.94. The second-order valence-electron chi connectivity index (χ2n) is 10.2. The number of anilines is 1. The number of rotatable bonds is 2. The molecule has 3 saturated carbocycles. The van der Waals surface area contributed by atoms with Crippen LogP contribution in [-0.4, -0.2) is 16.8 Å². The number of hydrogen-bond donors (Lipinski definition) is 1. The Morgan fingerprint density at radius 2 is 1.69 bits per heavy atom. The van der Waals surface area contributed by atoms with Crippen LogP contribution < -0.4 is 5.73 Å². The van der Waals surface area contributed by atoms with Gasteiger partial charge in [0.2, 0.25) is 0 Å². The molecule has 1 aromatic rings. The lowest BCUT2D eigenvalue weighted by Crippen LogP contribution is -2.54. The van der Waals surface area contributed by atoms with Gasteiger partial charge >= 0.3 is 0 Å². The minimum absolute atomic E-state index is 0.129. The number of Topliss-reactive ketones (excluding diaryl/α,β-unsaturated/α-hetero) is 1. The zero-order valence-corrected chi connectivity index (χ0v) is 18.3. The van der Waals surface area contributed by atoms with Crippen molar-refractivity contribution in [3.05, 3.63) is 35.9 Å². The van der Waals surface area contributed by atoms with E-state index in [1.807, 2.05) is 30.0 Å². The molecule has 4 heteroatoms.